The molecular formula is C22H20FN3O2S. The molecule has 148 valence electrons. The lowest BCUT2D eigenvalue weighted by molar-refractivity contribution is -0.136. The Hall–Kier alpha value is -2.93. The summed E-state index contributed by atoms with van der Waals surface area (Å²) in [6.45, 7) is 0. The third-order valence-corrected chi connectivity index (χ3v) is 6.95. The summed E-state index contributed by atoms with van der Waals surface area (Å²) in [4.78, 5) is 18.3. The van der Waals surface area contributed by atoms with Crippen molar-refractivity contribution in [1.29, 1.82) is 0 Å². The Labute approximate surface area is 171 Å². The molecule has 0 amide bonds. The number of nitrogens with zero attached hydrogens (tertiary/aromatic N) is 3. The first-order chi connectivity index (χ1) is 14.0. The van der Waals surface area contributed by atoms with Crippen LogP contribution in [0.4, 0.5) is 9.52 Å². The Bertz CT molecular complexity index is 1250. The van der Waals surface area contributed by atoms with Gasteiger partial charge in [-0.05, 0) is 54.3 Å². The largest absolute Gasteiger partial charge is 0.481 e. The second kappa shape index (κ2) is 6.84. The van der Waals surface area contributed by atoms with Crippen molar-refractivity contribution in [2.75, 3.05) is 11.9 Å². The normalized spacial score (nSPS) is 16.3. The van der Waals surface area contributed by atoms with Crippen LogP contribution in [0.1, 0.15) is 23.2 Å². The van der Waals surface area contributed by atoms with Crippen LogP contribution in [0.3, 0.4) is 0 Å². The Morgan fingerprint density at radius 2 is 2.24 bits per heavy atom. The van der Waals surface area contributed by atoms with E-state index < -0.39 is 5.97 Å². The molecule has 5 nitrogen and oxygen atoms in total. The van der Waals surface area contributed by atoms with Crippen LogP contribution in [-0.2, 0) is 24.1 Å². The van der Waals surface area contributed by atoms with Crippen LogP contribution in [0.5, 0.6) is 0 Å². The van der Waals surface area contributed by atoms with E-state index in [-0.39, 0.29) is 18.3 Å². The van der Waals surface area contributed by atoms with E-state index in [1.54, 1.807) is 6.07 Å². The maximum atomic E-state index is 13.5. The number of carboxylic acids is 1. The predicted molar refractivity (Wildman–Crippen MR) is 113 cm³/mol. The first-order valence-electron chi connectivity index (χ1n) is 9.61. The molecule has 7 heteroatoms. The number of hydrogen-bond donors (Lipinski definition) is 1. The molecule has 0 fully saturated rings. The van der Waals surface area contributed by atoms with Crippen molar-refractivity contribution in [3.63, 3.8) is 0 Å². The fraction of sp³-hybridized carbons (Fsp3) is 0.273. The summed E-state index contributed by atoms with van der Waals surface area (Å²) in [7, 11) is 2.04. The van der Waals surface area contributed by atoms with Gasteiger partial charge in [0.1, 0.15) is 5.82 Å². The van der Waals surface area contributed by atoms with Crippen LogP contribution in [-0.4, -0.2) is 33.6 Å². The third-order valence-electron chi connectivity index (χ3n) is 5.85. The van der Waals surface area contributed by atoms with Gasteiger partial charge in [-0.1, -0.05) is 17.4 Å². The number of benzene rings is 1. The van der Waals surface area contributed by atoms with Crippen molar-refractivity contribution in [2.24, 2.45) is 0 Å². The molecule has 0 bridgehead atoms. The highest BCUT2D eigenvalue weighted by molar-refractivity contribution is 7.22. The molecule has 3 aromatic heterocycles. The topological polar surface area (TPSA) is 57.8 Å². The van der Waals surface area contributed by atoms with E-state index in [1.807, 2.05) is 31.4 Å². The molecule has 1 aromatic carbocycles. The van der Waals surface area contributed by atoms with E-state index >= 15 is 0 Å². The first-order valence-corrected chi connectivity index (χ1v) is 10.4. The fourth-order valence-corrected chi connectivity index (χ4v) is 5.45. The van der Waals surface area contributed by atoms with Gasteiger partial charge < -0.3 is 14.4 Å². The average molecular weight is 409 g/mol. The Balaban J connectivity index is 1.50. The molecule has 0 saturated heterocycles. The van der Waals surface area contributed by atoms with E-state index in [2.05, 4.69) is 14.3 Å². The van der Waals surface area contributed by atoms with Crippen molar-refractivity contribution >= 4 is 38.2 Å². The molecule has 1 aliphatic carbocycles. The minimum Gasteiger partial charge on any atom is -0.481 e. The van der Waals surface area contributed by atoms with Crippen molar-refractivity contribution in [2.45, 2.75) is 31.7 Å². The number of rotatable bonds is 4. The quantitative estimate of drug-likeness (QED) is 0.546. The van der Waals surface area contributed by atoms with E-state index in [1.165, 1.54) is 34.7 Å². The van der Waals surface area contributed by atoms with Crippen molar-refractivity contribution in [3.8, 4) is 0 Å². The van der Waals surface area contributed by atoms with Gasteiger partial charge in [0.2, 0.25) is 0 Å². The predicted octanol–water partition coefficient (Wildman–Crippen LogP) is 4.31. The second-order valence-corrected chi connectivity index (χ2v) is 8.56. The third kappa shape index (κ3) is 3.06. The minimum absolute atomic E-state index is 0.0484. The summed E-state index contributed by atoms with van der Waals surface area (Å²) in [6.07, 6.45) is 4.65. The smallest absolute Gasteiger partial charge is 0.307 e. The number of carbonyl (C=O) groups is 1. The molecule has 0 saturated carbocycles. The molecule has 5 rings (SSSR count). The van der Waals surface area contributed by atoms with Gasteiger partial charge in [0.25, 0.3) is 0 Å². The molecule has 1 unspecified atom stereocenters. The van der Waals surface area contributed by atoms with Gasteiger partial charge in [0.05, 0.1) is 16.6 Å². The molecule has 1 aliphatic rings. The summed E-state index contributed by atoms with van der Waals surface area (Å²) >= 11 is 1.50. The number of aliphatic carboxylic acids is 1. The summed E-state index contributed by atoms with van der Waals surface area (Å²) in [5.41, 5.74) is 5.09. The molecule has 4 aromatic rings. The molecular weight excluding hydrogens is 389 g/mol. The summed E-state index contributed by atoms with van der Waals surface area (Å²) in [5, 5.41) is 10.3. The number of thiazole rings is 1. The standard InChI is InChI=1S/C22H20FN3O2S/c1-25(22-24-17-8-5-13(23)10-20(17)29-22)14-6-7-15-16(12-21(27)28)18-4-2-3-9-26(18)19(15)11-14/h2-5,8-10,14H,6-7,11-12H2,1H3,(H,27,28). The van der Waals surface area contributed by atoms with Crippen molar-refractivity contribution < 1.29 is 14.3 Å². The molecule has 1 atom stereocenters. The van der Waals surface area contributed by atoms with Gasteiger partial charge in [0.15, 0.2) is 5.13 Å². The second-order valence-electron chi connectivity index (χ2n) is 7.55. The molecule has 3 heterocycles. The number of aromatic nitrogens is 2. The lowest BCUT2D eigenvalue weighted by Gasteiger charge is -2.31. The van der Waals surface area contributed by atoms with E-state index in [4.69, 9.17) is 0 Å². The van der Waals surface area contributed by atoms with Gasteiger partial charge in [-0.2, -0.15) is 0 Å². The Kier molecular flexibility index (Phi) is 4.28. The van der Waals surface area contributed by atoms with Crippen LogP contribution >= 0.6 is 11.3 Å². The molecule has 29 heavy (non-hydrogen) atoms. The lowest BCUT2D eigenvalue weighted by Crippen LogP contribution is -2.36. The zero-order chi connectivity index (χ0) is 20.1. The molecule has 0 radical (unpaired) electrons. The first kappa shape index (κ1) is 18.1. The van der Waals surface area contributed by atoms with Crippen molar-refractivity contribution in [3.05, 3.63) is 65.2 Å². The number of likely N-dealkylation sites (N-methyl/N-ethyl adjacent to an activating group) is 1. The van der Waals surface area contributed by atoms with Crippen LogP contribution in [0.2, 0.25) is 0 Å². The highest BCUT2D eigenvalue weighted by Crippen LogP contribution is 2.35. The van der Waals surface area contributed by atoms with Gasteiger partial charge >= 0.3 is 5.97 Å². The van der Waals surface area contributed by atoms with E-state index in [9.17, 15) is 14.3 Å². The average Bonchev–Trinajstić information content (AvgIpc) is 3.26. The highest BCUT2D eigenvalue weighted by Gasteiger charge is 2.29. The summed E-state index contributed by atoms with van der Waals surface area (Å²) in [5.74, 6) is -1.05. The maximum absolute atomic E-state index is 13.5. The van der Waals surface area contributed by atoms with Crippen LogP contribution < -0.4 is 4.90 Å². The maximum Gasteiger partial charge on any atom is 0.307 e. The van der Waals surface area contributed by atoms with E-state index in [0.717, 1.165) is 45.7 Å². The van der Waals surface area contributed by atoms with Gasteiger partial charge in [-0.25, -0.2) is 9.37 Å². The van der Waals surface area contributed by atoms with Crippen molar-refractivity contribution in [1.82, 2.24) is 9.38 Å². The molecule has 0 spiro atoms. The number of fused-ring (bicyclic) bond motifs is 4. The monoisotopic (exact) mass is 409 g/mol. The molecule has 0 aliphatic heterocycles. The van der Waals surface area contributed by atoms with Gasteiger partial charge in [-0.15, -0.1) is 0 Å². The zero-order valence-corrected chi connectivity index (χ0v) is 16.7. The number of hydrogen-bond acceptors (Lipinski definition) is 4. The van der Waals surface area contributed by atoms with Crippen LogP contribution in [0, 0.1) is 5.82 Å². The van der Waals surface area contributed by atoms with E-state index in [0.29, 0.717) is 0 Å². The van der Waals surface area contributed by atoms with Gasteiger partial charge in [-0.3, -0.25) is 4.79 Å². The fourth-order valence-electron chi connectivity index (χ4n) is 4.42. The SMILES string of the molecule is CN(c1nc2ccc(F)cc2s1)C1CCc2c(CC(=O)O)c3ccccn3c2C1. The summed E-state index contributed by atoms with van der Waals surface area (Å²) in [6, 6.07) is 10.9. The summed E-state index contributed by atoms with van der Waals surface area (Å²) < 4.78 is 16.5. The number of pyridine rings is 1. The molecule has 1 N–H and O–H groups in total. The number of carboxylic acid groups (broad SMARTS) is 1. The Morgan fingerprint density at radius 3 is 3.07 bits per heavy atom. The Morgan fingerprint density at radius 1 is 1.38 bits per heavy atom. The van der Waals surface area contributed by atoms with Gasteiger partial charge in [0, 0.05) is 36.9 Å². The minimum atomic E-state index is -0.801. The highest BCUT2D eigenvalue weighted by atomic mass is 32.1. The lowest BCUT2D eigenvalue weighted by atomic mass is 9.89. The van der Waals surface area contributed by atoms with Crippen LogP contribution in [0.15, 0.2) is 42.6 Å². The number of anilines is 1. The number of halogens is 1. The van der Waals surface area contributed by atoms with Crippen LogP contribution in [0.25, 0.3) is 15.7 Å². The zero-order valence-electron chi connectivity index (χ0n) is 15.9.